The zero-order chi connectivity index (χ0) is 18.4. The van der Waals surface area contributed by atoms with E-state index in [4.69, 9.17) is 4.74 Å². The van der Waals surface area contributed by atoms with Gasteiger partial charge in [-0.3, -0.25) is 4.79 Å². The predicted octanol–water partition coefficient (Wildman–Crippen LogP) is 3.33. The number of aryl methyl sites for hydroxylation is 2. The largest absolute Gasteiger partial charge is 0.493 e. The maximum atomic E-state index is 12.0. The Hall–Kier alpha value is -2.82. The molecule has 0 atom stereocenters. The summed E-state index contributed by atoms with van der Waals surface area (Å²) in [5, 5.41) is 2.98. The molecule has 0 spiro atoms. The third-order valence-electron chi connectivity index (χ3n) is 4.41. The number of imidazole rings is 1. The standard InChI is InChI=1S/C21H25N3O2/c1-16-8-10-17(11-9-16)5-3-7-20(25)22-13-12-18-15-24-14-4-6-19(26-2)21(24)23-18/h4,6,8-11,14-15H,3,5,7,12-13H2,1-2H3,(H,22,25). The topological polar surface area (TPSA) is 55.6 Å². The van der Waals surface area contributed by atoms with E-state index in [0.717, 1.165) is 29.9 Å². The van der Waals surface area contributed by atoms with Crippen molar-refractivity contribution < 1.29 is 9.53 Å². The molecule has 0 saturated heterocycles. The third-order valence-corrected chi connectivity index (χ3v) is 4.41. The van der Waals surface area contributed by atoms with Gasteiger partial charge >= 0.3 is 0 Å². The van der Waals surface area contributed by atoms with Crippen LogP contribution in [-0.2, 0) is 17.6 Å². The number of methoxy groups -OCH3 is 1. The number of nitrogens with zero attached hydrogens (tertiary/aromatic N) is 2. The van der Waals surface area contributed by atoms with Crippen molar-refractivity contribution >= 4 is 11.6 Å². The van der Waals surface area contributed by atoms with Gasteiger partial charge in [0.2, 0.25) is 5.91 Å². The molecule has 0 aliphatic rings. The summed E-state index contributed by atoms with van der Waals surface area (Å²) in [7, 11) is 1.64. The molecule has 136 valence electrons. The van der Waals surface area contributed by atoms with Gasteiger partial charge in [-0.05, 0) is 37.5 Å². The molecule has 0 unspecified atom stereocenters. The molecule has 0 radical (unpaired) electrons. The lowest BCUT2D eigenvalue weighted by Crippen LogP contribution is -2.25. The van der Waals surface area contributed by atoms with Crippen molar-refractivity contribution in [1.82, 2.24) is 14.7 Å². The van der Waals surface area contributed by atoms with E-state index in [9.17, 15) is 4.79 Å². The first-order valence-electron chi connectivity index (χ1n) is 8.98. The molecule has 0 fully saturated rings. The van der Waals surface area contributed by atoms with Crippen LogP contribution in [0.1, 0.15) is 29.7 Å². The number of hydrogen-bond donors (Lipinski definition) is 1. The summed E-state index contributed by atoms with van der Waals surface area (Å²) in [6.45, 7) is 2.67. The van der Waals surface area contributed by atoms with Gasteiger partial charge in [0.25, 0.3) is 0 Å². The van der Waals surface area contributed by atoms with E-state index in [2.05, 4.69) is 41.5 Å². The van der Waals surface area contributed by atoms with Gasteiger partial charge in [0.15, 0.2) is 11.4 Å². The van der Waals surface area contributed by atoms with E-state index in [1.54, 1.807) is 7.11 Å². The molecule has 2 aromatic heterocycles. The number of benzene rings is 1. The molecule has 2 heterocycles. The number of carbonyl (C=O) groups is 1. The lowest BCUT2D eigenvalue weighted by Gasteiger charge is -2.05. The van der Waals surface area contributed by atoms with E-state index >= 15 is 0 Å². The van der Waals surface area contributed by atoms with Crippen LogP contribution in [0, 0.1) is 6.92 Å². The van der Waals surface area contributed by atoms with Gasteiger partial charge in [-0.15, -0.1) is 0 Å². The van der Waals surface area contributed by atoms with Crippen molar-refractivity contribution in [3.05, 3.63) is 65.6 Å². The average Bonchev–Trinajstić information content (AvgIpc) is 3.06. The van der Waals surface area contributed by atoms with Gasteiger partial charge < -0.3 is 14.5 Å². The lowest BCUT2D eigenvalue weighted by atomic mass is 10.1. The van der Waals surface area contributed by atoms with Crippen molar-refractivity contribution in [1.29, 1.82) is 0 Å². The summed E-state index contributed by atoms with van der Waals surface area (Å²) in [4.78, 5) is 16.6. The molecule has 0 saturated carbocycles. The summed E-state index contributed by atoms with van der Waals surface area (Å²) in [6, 6.07) is 12.3. The van der Waals surface area contributed by atoms with Crippen LogP contribution in [0.5, 0.6) is 5.75 Å². The monoisotopic (exact) mass is 351 g/mol. The first kappa shape index (κ1) is 18.0. The number of carbonyl (C=O) groups excluding carboxylic acids is 1. The summed E-state index contributed by atoms with van der Waals surface area (Å²) < 4.78 is 7.26. The Labute approximate surface area is 154 Å². The molecular weight excluding hydrogens is 326 g/mol. The number of nitrogens with one attached hydrogen (secondary N) is 1. The Kier molecular flexibility index (Phi) is 5.89. The maximum absolute atomic E-state index is 12.0. The highest BCUT2D eigenvalue weighted by Gasteiger charge is 2.07. The highest BCUT2D eigenvalue weighted by atomic mass is 16.5. The van der Waals surface area contributed by atoms with Gasteiger partial charge in [-0.2, -0.15) is 0 Å². The average molecular weight is 351 g/mol. The molecule has 3 rings (SSSR count). The number of aromatic nitrogens is 2. The first-order chi connectivity index (χ1) is 12.7. The van der Waals surface area contributed by atoms with Gasteiger partial charge in [-0.25, -0.2) is 4.98 Å². The molecule has 5 nitrogen and oxygen atoms in total. The fourth-order valence-electron chi connectivity index (χ4n) is 2.94. The smallest absolute Gasteiger partial charge is 0.220 e. The molecule has 0 aliphatic carbocycles. The van der Waals surface area contributed by atoms with E-state index in [-0.39, 0.29) is 5.91 Å². The molecule has 5 heteroatoms. The van der Waals surface area contributed by atoms with Crippen LogP contribution in [0.3, 0.4) is 0 Å². The Bertz CT molecular complexity index is 869. The van der Waals surface area contributed by atoms with Gasteiger partial charge in [0.1, 0.15) is 0 Å². The third kappa shape index (κ3) is 4.63. The molecule has 3 aromatic rings. The second kappa shape index (κ2) is 8.52. The normalized spacial score (nSPS) is 10.8. The fourth-order valence-corrected chi connectivity index (χ4v) is 2.94. The van der Waals surface area contributed by atoms with Gasteiger partial charge in [0, 0.05) is 31.8 Å². The number of pyridine rings is 1. The quantitative estimate of drug-likeness (QED) is 0.677. The van der Waals surface area contributed by atoms with Gasteiger partial charge in [0.05, 0.1) is 12.8 Å². The Balaban J connectivity index is 1.41. The van der Waals surface area contributed by atoms with E-state index in [0.29, 0.717) is 19.4 Å². The minimum atomic E-state index is 0.0958. The number of fused-ring (bicyclic) bond motifs is 1. The van der Waals surface area contributed by atoms with Crippen LogP contribution >= 0.6 is 0 Å². The van der Waals surface area contributed by atoms with E-state index in [1.165, 1.54) is 11.1 Å². The minimum absolute atomic E-state index is 0.0958. The molecule has 1 aromatic carbocycles. The number of rotatable bonds is 8. The Morgan fingerprint density at radius 3 is 2.77 bits per heavy atom. The van der Waals surface area contributed by atoms with Crippen molar-refractivity contribution in [2.24, 2.45) is 0 Å². The van der Waals surface area contributed by atoms with E-state index in [1.807, 2.05) is 28.9 Å². The molecule has 0 bridgehead atoms. The molecule has 1 N–H and O–H groups in total. The van der Waals surface area contributed by atoms with Crippen LogP contribution in [0.4, 0.5) is 0 Å². The molecule has 26 heavy (non-hydrogen) atoms. The second-order valence-electron chi connectivity index (χ2n) is 6.48. The van der Waals surface area contributed by atoms with Crippen molar-refractivity contribution in [3.8, 4) is 5.75 Å². The van der Waals surface area contributed by atoms with Crippen LogP contribution in [0.2, 0.25) is 0 Å². The SMILES string of the molecule is COc1cccn2cc(CCNC(=O)CCCc3ccc(C)cc3)nc12. The highest BCUT2D eigenvalue weighted by Crippen LogP contribution is 2.18. The number of amides is 1. The van der Waals surface area contributed by atoms with Gasteiger partial charge in [-0.1, -0.05) is 29.8 Å². The lowest BCUT2D eigenvalue weighted by molar-refractivity contribution is -0.121. The van der Waals surface area contributed by atoms with Crippen molar-refractivity contribution in [2.45, 2.75) is 32.6 Å². The maximum Gasteiger partial charge on any atom is 0.220 e. The molecule has 1 amide bonds. The summed E-state index contributed by atoms with van der Waals surface area (Å²) in [5.74, 6) is 0.845. The predicted molar refractivity (Wildman–Crippen MR) is 103 cm³/mol. The molecular formula is C21H25N3O2. The minimum Gasteiger partial charge on any atom is -0.493 e. The van der Waals surface area contributed by atoms with Crippen LogP contribution < -0.4 is 10.1 Å². The van der Waals surface area contributed by atoms with E-state index < -0.39 is 0 Å². The fraction of sp³-hybridized carbons (Fsp3) is 0.333. The van der Waals surface area contributed by atoms with Crippen LogP contribution in [-0.4, -0.2) is 28.9 Å². The summed E-state index contributed by atoms with van der Waals surface area (Å²) in [6.07, 6.45) is 6.96. The number of ether oxygens (including phenoxy) is 1. The first-order valence-corrected chi connectivity index (χ1v) is 8.98. The summed E-state index contributed by atoms with van der Waals surface area (Å²) >= 11 is 0. The Morgan fingerprint density at radius 2 is 2.00 bits per heavy atom. The number of hydrogen-bond acceptors (Lipinski definition) is 3. The zero-order valence-electron chi connectivity index (χ0n) is 15.4. The molecule has 0 aliphatic heterocycles. The zero-order valence-corrected chi connectivity index (χ0v) is 15.4. The second-order valence-corrected chi connectivity index (χ2v) is 6.48. The Morgan fingerprint density at radius 1 is 1.19 bits per heavy atom. The summed E-state index contributed by atoms with van der Waals surface area (Å²) in [5.41, 5.74) is 4.28. The van der Waals surface area contributed by atoms with Crippen LogP contribution in [0.25, 0.3) is 5.65 Å². The highest BCUT2D eigenvalue weighted by molar-refractivity contribution is 5.75. The van der Waals surface area contributed by atoms with Crippen LogP contribution in [0.15, 0.2) is 48.8 Å². The van der Waals surface area contributed by atoms with Crippen molar-refractivity contribution in [3.63, 3.8) is 0 Å². The van der Waals surface area contributed by atoms with Crippen molar-refractivity contribution in [2.75, 3.05) is 13.7 Å².